The first-order valence-corrected chi connectivity index (χ1v) is 9.65. The van der Waals surface area contributed by atoms with E-state index >= 15 is 0 Å². The zero-order chi connectivity index (χ0) is 18.4. The summed E-state index contributed by atoms with van der Waals surface area (Å²) in [5, 5.41) is 7.69. The quantitative estimate of drug-likeness (QED) is 0.586. The molecule has 0 atom stereocenters. The van der Waals surface area contributed by atoms with E-state index in [-0.39, 0.29) is 5.91 Å². The number of hydrogen-bond acceptors (Lipinski definition) is 4. The second-order valence-electron chi connectivity index (χ2n) is 5.85. The predicted octanol–water partition coefficient (Wildman–Crippen LogP) is 4.90. The fraction of sp³-hybridized carbons (Fsp3) is 0.200. The van der Waals surface area contributed by atoms with Crippen LogP contribution in [0.25, 0.3) is 0 Å². The number of aromatic nitrogens is 1. The van der Waals surface area contributed by atoms with Crippen LogP contribution in [-0.2, 0) is 12.2 Å². The molecule has 0 bridgehead atoms. The van der Waals surface area contributed by atoms with Gasteiger partial charge < -0.3 is 9.84 Å². The maximum absolute atomic E-state index is 12.5. The summed E-state index contributed by atoms with van der Waals surface area (Å²) >= 11 is 7.46. The summed E-state index contributed by atoms with van der Waals surface area (Å²) in [5.74, 6) is 1.37. The molecule has 3 aromatic rings. The van der Waals surface area contributed by atoms with Crippen molar-refractivity contribution in [2.45, 2.75) is 24.0 Å². The first kappa shape index (κ1) is 18.5. The van der Waals surface area contributed by atoms with E-state index in [9.17, 15) is 4.79 Å². The van der Waals surface area contributed by atoms with Crippen molar-refractivity contribution in [3.8, 4) is 0 Å². The third-order valence-corrected chi connectivity index (χ3v) is 5.16. The Hall–Kier alpha value is -2.24. The zero-order valence-electron chi connectivity index (χ0n) is 14.4. The lowest BCUT2D eigenvalue weighted by Gasteiger charge is -2.09. The number of nitrogens with one attached hydrogen (secondary N) is 1. The van der Waals surface area contributed by atoms with Crippen LogP contribution in [0.3, 0.4) is 0 Å². The highest BCUT2D eigenvalue weighted by Crippen LogP contribution is 2.26. The van der Waals surface area contributed by atoms with Crippen molar-refractivity contribution in [1.29, 1.82) is 0 Å². The van der Waals surface area contributed by atoms with E-state index in [1.54, 1.807) is 11.8 Å². The highest BCUT2D eigenvalue weighted by atomic mass is 35.5. The molecule has 0 fully saturated rings. The molecular formula is C20H19ClN2O2S. The van der Waals surface area contributed by atoms with E-state index in [2.05, 4.69) is 10.5 Å². The lowest BCUT2D eigenvalue weighted by molar-refractivity contribution is 0.0951. The van der Waals surface area contributed by atoms with Crippen LogP contribution in [0.4, 0.5) is 0 Å². The van der Waals surface area contributed by atoms with E-state index in [4.69, 9.17) is 16.1 Å². The standard InChI is InChI=1S/C20H19ClN2O2S/c1-14-12-17(23-25-14)13-26-19-5-3-2-4-18(19)20(24)22-11-10-15-6-8-16(21)9-7-15/h2-9,12H,10-11,13H2,1H3,(H,22,24). The Labute approximate surface area is 161 Å². The minimum absolute atomic E-state index is 0.0709. The molecule has 3 rings (SSSR count). The highest BCUT2D eigenvalue weighted by molar-refractivity contribution is 7.98. The second-order valence-corrected chi connectivity index (χ2v) is 7.30. The number of halogens is 1. The zero-order valence-corrected chi connectivity index (χ0v) is 15.9. The van der Waals surface area contributed by atoms with Gasteiger partial charge in [0, 0.05) is 28.3 Å². The molecule has 26 heavy (non-hydrogen) atoms. The van der Waals surface area contributed by atoms with Crippen LogP contribution in [-0.4, -0.2) is 17.6 Å². The van der Waals surface area contributed by atoms with Gasteiger partial charge in [0.1, 0.15) is 5.76 Å². The average Bonchev–Trinajstić information content (AvgIpc) is 3.07. The Kier molecular flexibility index (Phi) is 6.36. The number of thioether (sulfide) groups is 1. The van der Waals surface area contributed by atoms with E-state index in [1.165, 1.54) is 0 Å². The van der Waals surface area contributed by atoms with Gasteiger partial charge in [0.15, 0.2) is 0 Å². The lowest BCUT2D eigenvalue weighted by Crippen LogP contribution is -2.26. The van der Waals surface area contributed by atoms with Gasteiger partial charge in [-0.25, -0.2) is 0 Å². The summed E-state index contributed by atoms with van der Waals surface area (Å²) in [7, 11) is 0. The topological polar surface area (TPSA) is 55.1 Å². The van der Waals surface area contributed by atoms with Gasteiger partial charge >= 0.3 is 0 Å². The molecule has 0 unspecified atom stereocenters. The van der Waals surface area contributed by atoms with Crippen LogP contribution in [0.5, 0.6) is 0 Å². The van der Waals surface area contributed by atoms with Crippen LogP contribution in [0, 0.1) is 6.92 Å². The smallest absolute Gasteiger partial charge is 0.252 e. The van der Waals surface area contributed by atoms with Gasteiger partial charge in [-0.1, -0.05) is 41.0 Å². The Morgan fingerprint density at radius 2 is 1.96 bits per heavy atom. The molecule has 0 radical (unpaired) electrons. The maximum Gasteiger partial charge on any atom is 0.252 e. The summed E-state index contributed by atoms with van der Waals surface area (Å²) in [6.07, 6.45) is 0.760. The summed E-state index contributed by atoms with van der Waals surface area (Å²) < 4.78 is 5.08. The molecule has 0 aliphatic rings. The minimum Gasteiger partial charge on any atom is -0.361 e. The molecule has 2 aromatic carbocycles. The molecule has 0 spiro atoms. The minimum atomic E-state index is -0.0709. The largest absolute Gasteiger partial charge is 0.361 e. The van der Waals surface area contributed by atoms with E-state index in [0.29, 0.717) is 22.9 Å². The van der Waals surface area contributed by atoms with Crippen molar-refractivity contribution in [3.63, 3.8) is 0 Å². The molecule has 6 heteroatoms. The maximum atomic E-state index is 12.5. The number of rotatable bonds is 7. The fourth-order valence-electron chi connectivity index (χ4n) is 2.48. The Bertz CT molecular complexity index is 878. The number of aryl methyl sites for hydroxylation is 1. The lowest BCUT2D eigenvalue weighted by atomic mass is 10.1. The van der Waals surface area contributed by atoms with Crippen molar-refractivity contribution in [1.82, 2.24) is 10.5 Å². The molecular weight excluding hydrogens is 368 g/mol. The first-order valence-electron chi connectivity index (χ1n) is 8.28. The normalized spacial score (nSPS) is 10.7. The molecule has 1 N–H and O–H groups in total. The third kappa shape index (κ3) is 5.13. The second kappa shape index (κ2) is 8.92. The van der Waals surface area contributed by atoms with Crippen LogP contribution < -0.4 is 5.32 Å². The van der Waals surface area contributed by atoms with Gasteiger partial charge in [0.25, 0.3) is 5.91 Å². The van der Waals surface area contributed by atoms with Crippen molar-refractivity contribution < 1.29 is 9.32 Å². The van der Waals surface area contributed by atoms with E-state index < -0.39 is 0 Å². The van der Waals surface area contributed by atoms with E-state index in [0.717, 1.165) is 28.3 Å². The van der Waals surface area contributed by atoms with Gasteiger partial charge in [-0.15, -0.1) is 11.8 Å². The van der Waals surface area contributed by atoms with Crippen molar-refractivity contribution in [3.05, 3.63) is 82.2 Å². The molecule has 1 amide bonds. The predicted molar refractivity (Wildman–Crippen MR) is 105 cm³/mol. The number of amides is 1. The first-order chi connectivity index (χ1) is 12.6. The van der Waals surface area contributed by atoms with Gasteiger partial charge in [-0.05, 0) is 43.2 Å². The van der Waals surface area contributed by atoms with Gasteiger partial charge in [0.05, 0.1) is 11.3 Å². The summed E-state index contributed by atoms with van der Waals surface area (Å²) in [5.41, 5.74) is 2.68. The SMILES string of the molecule is Cc1cc(CSc2ccccc2C(=O)NCCc2ccc(Cl)cc2)no1. The molecule has 0 aliphatic carbocycles. The fourth-order valence-corrected chi connectivity index (χ4v) is 3.54. The third-order valence-electron chi connectivity index (χ3n) is 3.80. The summed E-state index contributed by atoms with van der Waals surface area (Å²) in [6, 6.07) is 17.2. The Morgan fingerprint density at radius 3 is 2.69 bits per heavy atom. The van der Waals surface area contributed by atoms with Crippen LogP contribution in [0.1, 0.15) is 27.4 Å². The molecule has 1 aromatic heterocycles. The molecule has 1 heterocycles. The average molecular weight is 387 g/mol. The molecule has 134 valence electrons. The number of benzene rings is 2. The van der Waals surface area contributed by atoms with Gasteiger partial charge in [0.2, 0.25) is 0 Å². The van der Waals surface area contributed by atoms with Gasteiger partial charge in [-0.3, -0.25) is 4.79 Å². The molecule has 0 saturated carbocycles. The van der Waals surface area contributed by atoms with E-state index in [1.807, 2.05) is 61.5 Å². The Balaban J connectivity index is 1.57. The molecule has 0 saturated heterocycles. The highest BCUT2D eigenvalue weighted by Gasteiger charge is 2.12. The van der Waals surface area contributed by atoms with Crippen LogP contribution >= 0.6 is 23.4 Å². The molecule has 4 nitrogen and oxygen atoms in total. The monoisotopic (exact) mass is 386 g/mol. The van der Waals surface area contributed by atoms with Crippen molar-refractivity contribution in [2.75, 3.05) is 6.54 Å². The summed E-state index contributed by atoms with van der Waals surface area (Å²) in [4.78, 5) is 13.5. The summed E-state index contributed by atoms with van der Waals surface area (Å²) in [6.45, 7) is 2.44. The number of carbonyl (C=O) groups is 1. The molecule has 0 aliphatic heterocycles. The number of carbonyl (C=O) groups excluding carboxylic acids is 1. The van der Waals surface area contributed by atoms with Crippen LogP contribution in [0.15, 0.2) is 64.0 Å². The van der Waals surface area contributed by atoms with Crippen molar-refractivity contribution >= 4 is 29.3 Å². The number of hydrogen-bond donors (Lipinski definition) is 1. The number of nitrogens with zero attached hydrogens (tertiary/aromatic N) is 1. The van der Waals surface area contributed by atoms with Crippen LogP contribution in [0.2, 0.25) is 5.02 Å². The van der Waals surface area contributed by atoms with Crippen molar-refractivity contribution in [2.24, 2.45) is 0 Å². The van der Waals surface area contributed by atoms with Gasteiger partial charge in [-0.2, -0.15) is 0 Å². The Morgan fingerprint density at radius 1 is 1.19 bits per heavy atom.